The van der Waals surface area contributed by atoms with Crippen molar-refractivity contribution in [3.05, 3.63) is 53.7 Å². The number of halogens is 3. The zero-order valence-corrected chi connectivity index (χ0v) is 18.7. The van der Waals surface area contributed by atoms with Crippen LogP contribution < -0.4 is 9.64 Å². The van der Waals surface area contributed by atoms with Crippen molar-refractivity contribution in [3.8, 4) is 18.0 Å². The number of alkyl halides is 3. The topological polar surface area (TPSA) is 85.4 Å². The summed E-state index contributed by atoms with van der Waals surface area (Å²) in [5.41, 5.74) is 1.28. The van der Waals surface area contributed by atoms with Crippen molar-refractivity contribution in [2.75, 3.05) is 44.3 Å². The predicted octanol–water partition coefficient (Wildman–Crippen LogP) is 4.01. The fourth-order valence-electron chi connectivity index (χ4n) is 3.65. The Labute approximate surface area is 196 Å². The molecule has 1 aliphatic heterocycles. The first-order valence-corrected chi connectivity index (χ1v) is 11.0. The largest absolute Gasteiger partial charge is 0.475 e. The zero-order valence-electron chi connectivity index (χ0n) is 18.7. The van der Waals surface area contributed by atoms with Crippen LogP contribution in [-0.4, -0.2) is 55.4 Å². The van der Waals surface area contributed by atoms with E-state index in [1.165, 1.54) is 6.07 Å². The molecular formula is C24H26F3N5O2. The van der Waals surface area contributed by atoms with Crippen molar-refractivity contribution in [3.63, 3.8) is 0 Å². The number of nitrogens with zero attached hydrogens (tertiary/aromatic N) is 5. The van der Waals surface area contributed by atoms with Crippen LogP contribution in [0.2, 0.25) is 0 Å². The van der Waals surface area contributed by atoms with Gasteiger partial charge in [-0.25, -0.2) is 4.98 Å². The van der Waals surface area contributed by atoms with Crippen molar-refractivity contribution in [2.45, 2.75) is 31.7 Å². The maximum absolute atomic E-state index is 12.6. The number of nitriles is 2. The average Bonchev–Trinajstić information content (AvgIpc) is 2.83. The van der Waals surface area contributed by atoms with Crippen LogP contribution in [0.15, 0.2) is 42.6 Å². The molecule has 0 N–H and O–H groups in total. The van der Waals surface area contributed by atoms with E-state index in [9.17, 15) is 13.2 Å². The second kappa shape index (κ2) is 12.2. The Hall–Kier alpha value is -3.34. The maximum Gasteiger partial charge on any atom is 0.417 e. The highest BCUT2D eigenvalue weighted by molar-refractivity contribution is 5.47. The molecule has 0 bridgehead atoms. The number of rotatable bonds is 10. The van der Waals surface area contributed by atoms with Gasteiger partial charge < -0.3 is 14.4 Å². The summed E-state index contributed by atoms with van der Waals surface area (Å²) in [6.07, 6.45) is -3.10. The number of morpholine rings is 1. The van der Waals surface area contributed by atoms with E-state index in [-0.39, 0.29) is 18.6 Å². The van der Waals surface area contributed by atoms with E-state index in [2.05, 4.69) is 22.0 Å². The molecule has 34 heavy (non-hydrogen) atoms. The molecule has 180 valence electrons. The lowest BCUT2D eigenvalue weighted by atomic mass is 10.1. The van der Waals surface area contributed by atoms with Gasteiger partial charge in [-0.05, 0) is 23.8 Å². The Balaban J connectivity index is 1.50. The van der Waals surface area contributed by atoms with Gasteiger partial charge in [0.25, 0.3) is 0 Å². The minimum atomic E-state index is -4.43. The van der Waals surface area contributed by atoms with Crippen LogP contribution in [0.1, 0.15) is 24.0 Å². The maximum atomic E-state index is 12.6. The lowest BCUT2D eigenvalue weighted by Gasteiger charge is -2.32. The summed E-state index contributed by atoms with van der Waals surface area (Å²) in [6.45, 7) is 3.98. The van der Waals surface area contributed by atoms with Crippen LogP contribution >= 0.6 is 0 Å². The molecule has 7 nitrogen and oxygen atoms in total. The molecule has 0 saturated carbocycles. The van der Waals surface area contributed by atoms with Gasteiger partial charge in [-0.1, -0.05) is 12.1 Å². The molecule has 1 unspecified atom stereocenters. The second-order valence-corrected chi connectivity index (χ2v) is 7.89. The first-order chi connectivity index (χ1) is 16.4. The highest BCUT2D eigenvalue weighted by Gasteiger charge is 2.30. The van der Waals surface area contributed by atoms with Crippen LogP contribution in [0.4, 0.5) is 18.9 Å². The monoisotopic (exact) mass is 473 g/mol. The van der Waals surface area contributed by atoms with Gasteiger partial charge in [0.15, 0.2) is 0 Å². The second-order valence-electron chi connectivity index (χ2n) is 7.89. The Morgan fingerprint density at radius 3 is 2.38 bits per heavy atom. The van der Waals surface area contributed by atoms with Crippen LogP contribution in [0.25, 0.3) is 0 Å². The smallest absolute Gasteiger partial charge is 0.417 e. The van der Waals surface area contributed by atoms with E-state index in [1.54, 1.807) is 0 Å². The number of anilines is 1. The number of pyridine rings is 1. The molecule has 1 aromatic heterocycles. The number of benzene rings is 1. The molecule has 1 aromatic carbocycles. The Bertz CT molecular complexity index is 966. The van der Waals surface area contributed by atoms with E-state index < -0.39 is 11.7 Å². The highest BCUT2D eigenvalue weighted by Crippen LogP contribution is 2.29. The fourth-order valence-corrected chi connectivity index (χ4v) is 3.65. The number of hydrogen-bond donors (Lipinski definition) is 0. The van der Waals surface area contributed by atoms with Gasteiger partial charge in [-0.3, -0.25) is 4.90 Å². The molecule has 1 aliphatic rings. The Morgan fingerprint density at radius 1 is 1.09 bits per heavy atom. The lowest BCUT2D eigenvalue weighted by Crippen LogP contribution is -2.44. The predicted molar refractivity (Wildman–Crippen MR) is 119 cm³/mol. The average molecular weight is 473 g/mol. The molecule has 0 aliphatic carbocycles. The van der Waals surface area contributed by atoms with Gasteiger partial charge in [-0.2, -0.15) is 23.7 Å². The van der Waals surface area contributed by atoms with Crippen LogP contribution in [0, 0.1) is 22.7 Å². The minimum absolute atomic E-state index is 0.127. The molecule has 1 atom stereocenters. The summed E-state index contributed by atoms with van der Waals surface area (Å²) >= 11 is 0. The van der Waals surface area contributed by atoms with Crippen molar-refractivity contribution in [1.82, 2.24) is 9.88 Å². The first kappa shape index (κ1) is 25.3. The summed E-state index contributed by atoms with van der Waals surface area (Å²) in [5.74, 6) is 0.127. The normalized spacial score (nSPS) is 16.4. The van der Waals surface area contributed by atoms with E-state index >= 15 is 0 Å². The standard InChI is InChI=1S/C24H26F3N5O2/c25-24(26,27)20-5-8-23(30-15-20)34-18-22-17-31(13-14-33-22)16-19-3-6-21(7-4-19)32(11-1-9-28)12-2-10-29/h3-8,15,22H,1-2,11-14,16-18H2. The molecule has 1 fully saturated rings. The van der Waals surface area contributed by atoms with Gasteiger partial charge in [0.2, 0.25) is 5.88 Å². The van der Waals surface area contributed by atoms with Crippen LogP contribution in [-0.2, 0) is 17.5 Å². The Kier molecular flexibility index (Phi) is 9.08. The van der Waals surface area contributed by atoms with Crippen molar-refractivity contribution in [2.24, 2.45) is 0 Å². The van der Waals surface area contributed by atoms with Crippen molar-refractivity contribution in [1.29, 1.82) is 10.5 Å². The molecule has 10 heteroatoms. The van der Waals surface area contributed by atoms with Crippen LogP contribution in [0.5, 0.6) is 5.88 Å². The molecule has 3 rings (SSSR count). The summed E-state index contributed by atoms with van der Waals surface area (Å²) in [7, 11) is 0. The van der Waals surface area contributed by atoms with E-state index in [4.69, 9.17) is 20.0 Å². The molecule has 0 radical (unpaired) electrons. The third-order valence-electron chi connectivity index (χ3n) is 5.40. The molecule has 0 spiro atoms. The molecule has 0 amide bonds. The van der Waals surface area contributed by atoms with E-state index in [1.807, 2.05) is 29.2 Å². The molecule has 2 heterocycles. The van der Waals surface area contributed by atoms with E-state index in [0.717, 1.165) is 36.6 Å². The highest BCUT2D eigenvalue weighted by atomic mass is 19.4. The van der Waals surface area contributed by atoms with Gasteiger partial charge in [0.05, 0.1) is 37.2 Å². The van der Waals surface area contributed by atoms with Gasteiger partial charge in [0, 0.05) is 50.7 Å². The van der Waals surface area contributed by atoms with E-state index in [0.29, 0.717) is 39.1 Å². The fraction of sp³-hybridized carbons (Fsp3) is 0.458. The quantitative estimate of drug-likeness (QED) is 0.515. The summed E-state index contributed by atoms with van der Waals surface area (Å²) < 4.78 is 49.2. The zero-order chi connectivity index (χ0) is 24.4. The van der Waals surface area contributed by atoms with Crippen LogP contribution in [0.3, 0.4) is 0 Å². The van der Waals surface area contributed by atoms with Gasteiger partial charge >= 0.3 is 6.18 Å². The van der Waals surface area contributed by atoms with Gasteiger partial charge in [-0.15, -0.1) is 0 Å². The third kappa shape index (κ3) is 7.62. The minimum Gasteiger partial charge on any atom is -0.475 e. The summed E-state index contributed by atoms with van der Waals surface area (Å²) in [4.78, 5) is 7.99. The van der Waals surface area contributed by atoms with Crippen molar-refractivity contribution >= 4 is 5.69 Å². The first-order valence-electron chi connectivity index (χ1n) is 11.0. The lowest BCUT2D eigenvalue weighted by molar-refractivity contribution is -0.137. The number of hydrogen-bond acceptors (Lipinski definition) is 7. The third-order valence-corrected chi connectivity index (χ3v) is 5.40. The summed E-state index contributed by atoms with van der Waals surface area (Å²) in [5, 5.41) is 17.7. The molecular weight excluding hydrogens is 447 g/mol. The van der Waals surface area contributed by atoms with Crippen molar-refractivity contribution < 1.29 is 22.6 Å². The van der Waals surface area contributed by atoms with Gasteiger partial charge in [0.1, 0.15) is 12.7 Å². The Morgan fingerprint density at radius 2 is 1.79 bits per heavy atom. The number of aromatic nitrogens is 1. The SMILES string of the molecule is N#CCCN(CCC#N)c1ccc(CN2CCOC(COc3ccc(C(F)(F)F)cn3)C2)cc1. The molecule has 1 saturated heterocycles. The summed E-state index contributed by atoms with van der Waals surface area (Å²) in [6, 6.07) is 14.5. The molecule has 2 aromatic rings. The number of ether oxygens (including phenoxy) is 2.